The Bertz CT molecular complexity index is 1050. The molecule has 4 aromatic rings. The van der Waals surface area contributed by atoms with Gasteiger partial charge in [-0.25, -0.2) is 15.0 Å². The predicted octanol–water partition coefficient (Wildman–Crippen LogP) is 2.69. The first kappa shape index (κ1) is 16.2. The first-order valence-corrected chi connectivity index (χ1v) is 8.71. The van der Waals surface area contributed by atoms with Crippen molar-refractivity contribution in [1.29, 1.82) is 0 Å². The predicted molar refractivity (Wildman–Crippen MR) is 98.4 cm³/mol. The highest BCUT2D eigenvalue weighted by atomic mass is 32.1. The Morgan fingerprint density at radius 1 is 1.23 bits per heavy atom. The molecule has 9 heteroatoms. The molecule has 4 heterocycles. The molecule has 1 amide bonds. The Labute approximate surface area is 153 Å². The number of rotatable bonds is 4. The Morgan fingerprint density at radius 3 is 2.69 bits per heavy atom. The highest BCUT2D eigenvalue weighted by molar-refractivity contribution is 7.13. The van der Waals surface area contributed by atoms with Gasteiger partial charge in [-0.05, 0) is 24.4 Å². The summed E-state index contributed by atoms with van der Waals surface area (Å²) in [5.41, 5.74) is 1.74. The fourth-order valence-corrected chi connectivity index (χ4v) is 3.20. The van der Waals surface area contributed by atoms with Crippen molar-refractivity contribution in [3.05, 3.63) is 59.9 Å². The van der Waals surface area contributed by atoms with Crippen LogP contribution in [0.15, 0.2) is 48.4 Å². The van der Waals surface area contributed by atoms with Crippen LogP contribution in [0.5, 0.6) is 0 Å². The number of thiophene rings is 1. The van der Waals surface area contributed by atoms with Crippen molar-refractivity contribution in [2.24, 2.45) is 7.05 Å². The van der Waals surface area contributed by atoms with Gasteiger partial charge >= 0.3 is 0 Å². The van der Waals surface area contributed by atoms with Gasteiger partial charge in [0.15, 0.2) is 0 Å². The van der Waals surface area contributed by atoms with E-state index in [-0.39, 0.29) is 5.91 Å². The molecule has 0 aliphatic rings. The molecule has 130 valence electrons. The van der Waals surface area contributed by atoms with Gasteiger partial charge in [-0.15, -0.1) is 11.3 Å². The number of carbonyl (C=O) groups is 1. The van der Waals surface area contributed by atoms with Crippen molar-refractivity contribution < 1.29 is 4.79 Å². The number of nitrogens with zero attached hydrogens (tertiary/aromatic N) is 6. The summed E-state index contributed by atoms with van der Waals surface area (Å²) < 4.78 is 3.33. The number of carbonyl (C=O) groups excluding carboxylic acids is 1. The fraction of sp³-hybridized carbons (Fsp3) is 0.118. The van der Waals surface area contributed by atoms with E-state index in [9.17, 15) is 4.79 Å². The number of imidazole rings is 1. The molecule has 4 rings (SSSR count). The van der Waals surface area contributed by atoms with E-state index in [4.69, 9.17) is 0 Å². The maximum absolute atomic E-state index is 12.5. The van der Waals surface area contributed by atoms with Crippen molar-refractivity contribution in [3.63, 3.8) is 0 Å². The minimum Gasteiger partial charge on any atom is -0.318 e. The van der Waals surface area contributed by atoms with Crippen LogP contribution in [0.2, 0.25) is 0 Å². The van der Waals surface area contributed by atoms with Gasteiger partial charge in [0.05, 0.1) is 23.0 Å². The molecule has 0 aliphatic carbocycles. The standard InChI is InChI=1S/C17H15N7OS/c1-11-18-5-6-24(11)17-19-9-12(10-20-17)21-16(25)14-8-13(22-23(14)2)15-4-3-7-26-15/h3-10H,1-2H3,(H,21,25). The minimum atomic E-state index is -0.266. The summed E-state index contributed by atoms with van der Waals surface area (Å²) >= 11 is 1.58. The molecule has 8 nitrogen and oxygen atoms in total. The Kier molecular flexibility index (Phi) is 4.05. The summed E-state index contributed by atoms with van der Waals surface area (Å²) in [6.07, 6.45) is 6.60. The SMILES string of the molecule is Cc1nccn1-c1ncc(NC(=O)c2cc(-c3cccs3)nn2C)cn1. The molecule has 26 heavy (non-hydrogen) atoms. The molecule has 0 spiro atoms. The lowest BCUT2D eigenvalue weighted by molar-refractivity contribution is 0.101. The topological polar surface area (TPSA) is 90.5 Å². The van der Waals surface area contributed by atoms with Crippen LogP contribution in [0, 0.1) is 6.92 Å². The van der Waals surface area contributed by atoms with Gasteiger partial charge in [-0.1, -0.05) is 6.07 Å². The maximum atomic E-state index is 12.5. The number of hydrogen-bond donors (Lipinski definition) is 1. The third kappa shape index (κ3) is 3.00. The van der Waals surface area contributed by atoms with Gasteiger partial charge in [0.1, 0.15) is 17.2 Å². The summed E-state index contributed by atoms with van der Waals surface area (Å²) in [7, 11) is 1.74. The number of hydrogen-bond acceptors (Lipinski definition) is 6. The second kappa shape index (κ2) is 6.52. The van der Waals surface area contributed by atoms with Crippen LogP contribution in [0.25, 0.3) is 16.5 Å². The largest absolute Gasteiger partial charge is 0.318 e. The zero-order chi connectivity index (χ0) is 18.1. The molecule has 0 atom stereocenters. The molecular weight excluding hydrogens is 350 g/mol. The van der Waals surface area contributed by atoms with Gasteiger partial charge in [0.25, 0.3) is 5.91 Å². The van der Waals surface area contributed by atoms with Crippen LogP contribution in [-0.2, 0) is 7.05 Å². The molecule has 1 N–H and O–H groups in total. The monoisotopic (exact) mass is 365 g/mol. The number of nitrogens with one attached hydrogen (secondary N) is 1. The second-order valence-corrected chi connectivity index (χ2v) is 6.53. The molecule has 0 aliphatic heterocycles. The normalized spacial score (nSPS) is 10.8. The second-order valence-electron chi connectivity index (χ2n) is 5.59. The zero-order valence-corrected chi connectivity index (χ0v) is 14.9. The van der Waals surface area contributed by atoms with Gasteiger partial charge < -0.3 is 5.32 Å². The minimum absolute atomic E-state index is 0.266. The average molecular weight is 365 g/mol. The lowest BCUT2D eigenvalue weighted by Crippen LogP contribution is -2.16. The molecule has 0 bridgehead atoms. The molecule has 0 saturated carbocycles. The fourth-order valence-electron chi connectivity index (χ4n) is 2.52. The molecule has 4 aromatic heterocycles. The summed E-state index contributed by atoms with van der Waals surface area (Å²) in [6.45, 7) is 1.87. The molecule has 0 unspecified atom stereocenters. The Hall–Kier alpha value is -3.33. The van der Waals surface area contributed by atoms with Crippen LogP contribution >= 0.6 is 11.3 Å². The van der Waals surface area contributed by atoms with E-state index in [1.807, 2.05) is 24.4 Å². The quantitative estimate of drug-likeness (QED) is 0.600. The average Bonchev–Trinajstić information content (AvgIpc) is 3.36. The Balaban J connectivity index is 1.53. The van der Waals surface area contributed by atoms with Gasteiger partial charge in [0.2, 0.25) is 5.95 Å². The van der Waals surface area contributed by atoms with Crippen LogP contribution in [-0.4, -0.2) is 35.2 Å². The van der Waals surface area contributed by atoms with Gasteiger partial charge in [-0.2, -0.15) is 5.10 Å². The van der Waals surface area contributed by atoms with E-state index < -0.39 is 0 Å². The molecule has 0 saturated heterocycles. The molecule has 0 aromatic carbocycles. The number of amides is 1. The van der Waals surface area contributed by atoms with Crippen LogP contribution in [0.3, 0.4) is 0 Å². The summed E-state index contributed by atoms with van der Waals surface area (Å²) in [5, 5.41) is 9.17. The molecule has 0 radical (unpaired) electrons. The first-order chi connectivity index (χ1) is 12.6. The van der Waals surface area contributed by atoms with Gasteiger partial charge in [-0.3, -0.25) is 14.0 Å². The zero-order valence-electron chi connectivity index (χ0n) is 14.1. The lowest BCUT2D eigenvalue weighted by Gasteiger charge is -2.06. The van der Waals surface area contributed by atoms with Crippen molar-refractivity contribution >= 4 is 22.9 Å². The highest BCUT2D eigenvalue weighted by Crippen LogP contribution is 2.24. The maximum Gasteiger partial charge on any atom is 0.274 e. The Morgan fingerprint density at radius 2 is 2.04 bits per heavy atom. The van der Waals surface area contributed by atoms with E-state index >= 15 is 0 Å². The van der Waals surface area contributed by atoms with Crippen LogP contribution < -0.4 is 5.32 Å². The third-order valence-electron chi connectivity index (χ3n) is 3.82. The van der Waals surface area contributed by atoms with Crippen molar-refractivity contribution in [3.8, 4) is 16.5 Å². The van der Waals surface area contributed by atoms with Crippen molar-refractivity contribution in [2.45, 2.75) is 6.92 Å². The van der Waals surface area contributed by atoms with Crippen LogP contribution in [0.4, 0.5) is 5.69 Å². The van der Waals surface area contributed by atoms with Crippen LogP contribution in [0.1, 0.15) is 16.3 Å². The van der Waals surface area contributed by atoms with E-state index in [1.54, 1.807) is 58.5 Å². The van der Waals surface area contributed by atoms with E-state index in [0.717, 1.165) is 16.4 Å². The van der Waals surface area contributed by atoms with E-state index in [0.29, 0.717) is 17.3 Å². The third-order valence-corrected chi connectivity index (χ3v) is 4.72. The summed E-state index contributed by atoms with van der Waals surface area (Å²) in [6, 6.07) is 5.69. The molecular formula is C17H15N7OS. The van der Waals surface area contributed by atoms with E-state index in [1.165, 1.54) is 0 Å². The summed E-state index contributed by atoms with van der Waals surface area (Å²) in [5.74, 6) is 1.02. The molecule has 0 fully saturated rings. The number of aryl methyl sites for hydroxylation is 2. The van der Waals surface area contributed by atoms with Gasteiger partial charge in [0, 0.05) is 19.4 Å². The van der Waals surface area contributed by atoms with Crippen molar-refractivity contribution in [1.82, 2.24) is 29.3 Å². The lowest BCUT2D eigenvalue weighted by atomic mass is 10.3. The van der Waals surface area contributed by atoms with E-state index in [2.05, 4.69) is 25.4 Å². The summed E-state index contributed by atoms with van der Waals surface area (Å²) in [4.78, 5) is 26.3. The smallest absolute Gasteiger partial charge is 0.274 e. The van der Waals surface area contributed by atoms with Crippen molar-refractivity contribution in [2.75, 3.05) is 5.32 Å². The number of anilines is 1. The first-order valence-electron chi connectivity index (χ1n) is 7.83. The number of aromatic nitrogens is 6. The highest BCUT2D eigenvalue weighted by Gasteiger charge is 2.15.